The van der Waals surface area contributed by atoms with Crippen molar-refractivity contribution in [2.45, 2.75) is 40.2 Å². The molecule has 0 unspecified atom stereocenters. The van der Waals surface area contributed by atoms with Crippen LogP contribution in [0.5, 0.6) is 0 Å². The van der Waals surface area contributed by atoms with Crippen LogP contribution in [0.2, 0.25) is 0 Å². The first-order valence-electron chi connectivity index (χ1n) is 8.65. The van der Waals surface area contributed by atoms with Crippen molar-refractivity contribution in [2.24, 2.45) is 5.92 Å². The highest BCUT2D eigenvalue weighted by molar-refractivity contribution is 5.90. The molecule has 0 aromatic heterocycles. The van der Waals surface area contributed by atoms with Gasteiger partial charge in [0, 0.05) is 6.42 Å². The van der Waals surface area contributed by atoms with Gasteiger partial charge in [0.15, 0.2) is 0 Å². The van der Waals surface area contributed by atoms with E-state index < -0.39 is 24.1 Å². The molecular formula is C20H26O6. The maximum atomic E-state index is 12.4. The van der Waals surface area contributed by atoms with Crippen LogP contribution in [0.4, 0.5) is 4.79 Å². The zero-order chi connectivity index (χ0) is 19.5. The van der Waals surface area contributed by atoms with E-state index in [9.17, 15) is 14.4 Å². The van der Waals surface area contributed by atoms with Crippen molar-refractivity contribution in [3.05, 3.63) is 47.5 Å². The van der Waals surface area contributed by atoms with Crippen molar-refractivity contribution in [1.82, 2.24) is 0 Å². The number of rotatable bonds is 9. The van der Waals surface area contributed by atoms with Gasteiger partial charge in [-0.05, 0) is 37.6 Å². The Morgan fingerprint density at radius 3 is 2.31 bits per heavy atom. The Morgan fingerprint density at radius 1 is 1.08 bits per heavy atom. The number of carbonyl (C=O) groups excluding carboxylic acids is 3. The molecule has 142 valence electrons. The fraction of sp³-hybridized carbons (Fsp3) is 0.450. The summed E-state index contributed by atoms with van der Waals surface area (Å²) in [6.07, 6.45) is 0.444. The molecule has 0 saturated carbocycles. The summed E-state index contributed by atoms with van der Waals surface area (Å²) in [5, 5.41) is 0. The van der Waals surface area contributed by atoms with Gasteiger partial charge in [0.25, 0.3) is 0 Å². The van der Waals surface area contributed by atoms with E-state index in [2.05, 4.69) is 4.74 Å². The minimum absolute atomic E-state index is 0.0186. The SMILES string of the molecule is CCOC(=O)OC/C=C(\C)[C@H](OC(=O)c1ccccc1)[C@@H](C)C(=O)CC. The van der Waals surface area contributed by atoms with Crippen molar-refractivity contribution < 1.29 is 28.6 Å². The highest BCUT2D eigenvalue weighted by atomic mass is 16.7. The molecule has 0 heterocycles. The van der Waals surface area contributed by atoms with Crippen LogP contribution in [-0.2, 0) is 19.0 Å². The average Bonchev–Trinajstić information content (AvgIpc) is 2.65. The van der Waals surface area contributed by atoms with Gasteiger partial charge >= 0.3 is 12.1 Å². The lowest BCUT2D eigenvalue weighted by Crippen LogP contribution is -2.31. The second-order valence-electron chi connectivity index (χ2n) is 5.74. The standard InChI is InChI=1S/C20H26O6/c1-5-17(21)15(4)18(14(3)12-13-25-20(23)24-6-2)26-19(22)16-10-8-7-9-11-16/h7-12,15,18H,5-6,13H2,1-4H3/b14-12+/t15-,18-/m0/s1. The number of ketones is 1. The molecular weight excluding hydrogens is 336 g/mol. The Kier molecular flexibility index (Phi) is 9.12. The third kappa shape index (κ3) is 6.70. The van der Waals surface area contributed by atoms with E-state index in [0.717, 1.165) is 0 Å². The normalized spacial score (nSPS) is 13.5. The lowest BCUT2D eigenvalue weighted by atomic mass is 9.92. The average molecular weight is 362 g/mol. The maximum absolute atomic E-state index is 12.4. The van der Waals surface area contributed by atoms with Gasteiger partial charge in [-0.1, -0.05) is 32.0 Å². The topological polar surface area (TPSA) is 78.9 Å². The molecule has 0 fully saturated rings. The highest BCUT2D eigenvalue weighted by Crippen LogP contribution is 2.20. The molecule has 1 rings (SSSR count). The first-order valence-corrected chi connectivity index (χ1v) is 8.65. The van der Waals surface area contributed by atoms with Crippen molar-refractivity contribution in [2.75, 3.05) is 13.2 Å². The molecule has 0 aliphatic heterocycles. The van der Waals surface area contributed by atoms with Crippen LogP contribution < -0.4 is 0 Å². The van der Waals surface area contributed by atoms with E-state index in [-0.39, 0.29) is 19.0 Å². The zero-order valence-corrected chi connectivity index (χ0v) is 15.7. The third-order valence-electron chi connectivity index (χ3n) is 3.87. The summed E-state index contributed by atoms with van der Waals surface area (Å²) >= 11 is 0. The van der Waals surface area contributed by atoms with Crippen molar-refractivity contribution >= 4 is 17.9 Å². The van der Waals surface area contributed by atoms with Gasteiger partial charge in [0.05, 0.1) is 18.1 Å². The predicted molar refractivity (Wildman–Crippen MR) is 96.8 cm³/mol. The lowest BCUT2D eigenvalue weighted by molar-refractivity contribution is -0.124. The van der Waals surface area contributed by atoms with E-state index in [1.54, 1.807) is 64.1 Å². The minimum atomic E-state index is -0.771. The molecule has 6 nitrogen and oxygen atoms in total. The van der Waals surface area contributed by atoms with Crippen LogP contribution >= 0.6 is 0 Å². The van der Waals surface area contributed by atoms with Gasteiger partial charge in [0.2, 0.25) is 0 Å². The van der Waals surface area contributed by atoms with Crippen LogP contribution in [0.15, 0.2) is 42.0 Å². The molecule has 1 aromatic carbocycles. The molecule has 0 aliphatic carbocycles. The highest BCUT2D eigenvalue weighted by Gasteiger charge is 2.28. The van der Waals surface area contributed by atoms with E-state index in [1.165, 1.54) is 0 Å². The third-order valence-corrected chi connectivity index (χ3v) is 3.87. The number of hydrogen-bond donors (Lipinski definition) is 0. The lowest BCUT2D eigenvalue weighted by Gasteiger charge is -2.24. The second kappa shape index (κ2) is 11.1. The van der Waals surface area contributed by atoms with Gasteiger partial charge in [-0.25, -0.2) is 9.59 Å². The van der Waals surface area contributed by atoms with Gasteiger partial charge < -0.3 is 14.2 Å². The molecule has 0 saturated heterocycles. The molecule has 1 aromatic rings. The van der Waals surface area contributed by atoms with E-state index in [1.807, 2.05) is 0 Å². The quantitative estimate of drug-likeness (QED) is 0.489. The number of carbonyl (C=O) groups is 3. The second-order valence-corrected chi connectivity index (χ2v) is 5.74. The summed E-state index contributed by atoms with van der Waals surface area (Å²) in [7, 11) is 0. The molecule has 26 heavy (non-hydrogen) atoms. The molecule has 0 bridgehead atoms. The largest absolute Gasteiger partial charge is 0.508 e. The summed E-state index contributed by atoms with van der Waals surface area (Å²) in [4.78, 5) is 35.7. The van der Waals surface area contributed by atoms with Crippen LogP contribution in [0.25, 0.3) is 0 Å². The van der Waals surface area contributed by atoms with E-state index in [0.29, 0.717) is 17.6 Å². The zero-order valence-electron chi connectivity index (χ0n) is 15.7. The Labute approximate surface area is 154 Å². The maximum Gasteiger partial charge on any atom is 0.508 e. The van der Waals surface area contributed by atoms with Gasteiger partial charge in [0.1, 0.15) is 18.5 Å². The summed E-state index contributed by atoms with van der Waals surface area (Å²) < 4.78 is 15.2. The summed E-state index contributed by atoms with van der Waals surface area (Å²) in [5.41, 5.74) is 1.04. The van der Waals surface area contributed by atoms with Crippen molar-refractivity contribution in [3.8, 4) is 0 Å². The summed E-state index contributed by atoms with van der Waals surface area (Å²) in [6, 6.07) is 8.57. The van der Waals surface area contributed by atoms with Crippen LogP contribution in [-0.4, -0.2) is 37.2 Å². The number of benzene rings is 1. The first-order chi connectivity index (χ1) is 12.4. The fourth-order valence-corrected chi connectivity index (χ4v) is 2.35. The fourth-order valence-electron chi connectivity index (χ4n) is 2.35. The summed E-state index contributed by atoms with van der Waals surface area (Å²) in [6.45, 7) is 7.09. The van der Waals surface area contributed by atoms with Gasteiger partial charge in [-0.15, -0.1) is 0 Å². The molecule has 0 aliphatic rings. The number of esters is 1. The van der Waals surface area contributed by atoms with Gasteiger partial charge in [-0.2, -0.15) is 0 Å². The van der Waals surface area contributed by atoms with Crippen LogP contribution in [0.1, 0.15) is 44.5 Å². The Balaban J connectivity index is 2.88. The Bertz CT molecular complexity index is 635. The number of hydrogen-bond acceptors (Lipinski definition) is 6. The summed E-state index contributed by atoms with van der Waals surface area (Å²) in [5.74, 6) is -1.04. The smallest absolute Gasteiger partial charge is 0.453 e. The number of ether oxygens (including phenoxy) is 3. The first kappa shape index (κ1) is 21.4. The van der Waals surface area contributed by atoms with Gasteiger partial charge in [-0.3, -0.25) is 4.79 Å². The van der Waals surface area contributed by atoms with E-state index >= 15 is 0 Å². The van der Waals surface area contributed by atoms with E-state index in [4.69, 9.17) is 9.47 Å². The predicted octanol–water partition coefficient (Wildman–Crippen LogP) is 3.95. The Hall–Kier alpha value is -2.63. The molecule has 0 spiro atoms. The monoisotopic (exact) mass is 362 g/mol. The van der Waals surface area contributed by atoms with Crippen LogP contribution in [0, 0.1) is 5.92 Å². The van der Waals surface area contributed by atoms with Crippen molar-refractivity contribution in [1.29, 1.82) is 0 Å². The van der Waals surface area contributed by atoms with Crippen molar-refractivity contribution in [3.63, 3.8) is 0 Å². The minimum Gasteiger partial charge on any atom is -0.453 e. The molecule has 6 heteroatoms. The van der Waals surface area contributed by atoms with Crippen LogP contribution in [0.3, 0.4) is 0 Å². The molecule has 2 atom stereocenters. The Morgan fingerprint density at radius 2 is 1.73 bits per heavy atom. The number of Topliss-reactive ketones (excluding diaryl/α,β-unsaturated/α-hetero) is 1. The molecule has 0 radical (unpaired) electrons. The molecule has 0 N–H and O–H groups in total. The molecule has 0 amide bonds.